The first-order valence-corrected chi connectivity index (χ1v) is 9.71. The van der Waals surface area contributed by atoms with Gasteiger partial charge in [0.2, 0.25) is 0 Å². The van der Waals surface area contributed by atoms with E-state index in [1.54, 1.807) is 4.90 Å². The minimum Gasteiger partial charge on any atom is -0.469 e. The lowest BCUT2D eigenvalue weighted by Crippen LogP contribution is -2.50. The second-order valence-electron chi connectivity index (χ2n) is 7.54. The Balaban J connectivity index is 2.11. The number of carbonyl (C=O) groups is 2. The van der Waals surface area contributed by atoms with Crippen LogP contribution in [-0.2, 0) is 14.3 Å². The van der Waals surface area contributed by atoms with Gasteiger partial charge in [-0.15, -0.1) is 0 Å². The maximum absolute atomic E-state index is 12.2. The zero-order valence-electron chi connectivity index (χ0n) is 16.5. The lowest BCUT2D eigenvalue weighted by molar-refractivity contribution is -0.140. The van der Waals surface area contributed by atoms with Gasteiger partial charge in [0.1, 0.15) is 22.3 Å². The Kier molecular flexibility index (Phi) is 7.02. The van der Waals surface area contributed by atoms with Crippen LogP contribution < -0.4 is 4.90 Å². The highest BCUT2D eigenvalue weighted by Gasteiger charge is 2.29. The molecule has 2 rings (SSSR count). The van der Waals surface area contributed by atoms with Crippen LogP contribution in [0.4, 0.5) is 10.6 Å². The molecule has 1 saturated heterocycles. The molecule has 1 aliphatic heterocycles. The molecule has 0 radical (unpaired) electrons. The number of nitrogens with zero attached hydrogens (tertiary/aromatic N) is 4. The standard InChI is InChI=1S/C18H27BrN4O4/c1-12(10-13(24)26-5)14-15(19)20-11-21-16(14)22-6-8-23(9-7-22)17(25)27-18(2,3)4/h11-12H,6-10H2,1-5H3. The number of esters is 1. The van der Waals surface area contributed by atoms with E-state index in [9.17, 15) is 9.59 Å². The molecule has 27 heavy (non-hydrogen) atoms. The van der Waals surface area contributed by atoms with Crippen molar-refractivity contribution in [1.29, 1.82) is 0 Å². The highest BCUT2D eigenvalue weighted by molar-refractivity contribution is 9.10. The van der Waals surface area contributed by atoms with E-state index in [1.807, 2.05) is 27.7 Å². The van der Waals surface area contributed by atoms with Gasteiger partial charge in [-0.3, -0.25) is 4.79 Å². The van der Waals surface area contributed by atoms with Crippen molar-refractivity contribution in [3.63, 3.8) is 0 Å². The first-order valence-electron chi connectivity index (χ1n) is 8.92. The molecule has 0 bridgehead atoms. The number of aromatic nitrogens is 2. The monoisotopic (exact) mass is 442 g/mol. The molecule has 0 spiro atoms. The molecule has 0 saturated carbocycles. The van der Waals surface area contributed by atoms with Gasteiger partial charge in [-0.05, 0) is 42.6 Å². The predicted molar refractivity (Wildman–Crippen MR) is 105 cm³/mol. The predicted octanol–water partition coefficient (Wildman–Crippen LogP) is 2.96. The van der Waals surface area contributed by atoms with E-state index < -0.39 is 5.60 Å². The molecule has 1 aliphatic rings. The molecule has 0 aromatic carbocycles. The molecular weight excluding hydrogens is 416 g/mol. The zero-order valence-corrected chi connectivity index (χ0v) is 18.1. The smallest absolute Gasteiger partial charge is 0.410 e. The van der Waals surface area contributed by atoms with Crippen molar-refractivity contribution in [2.45, 2.75) is 45.6 Å². The second-order valence-corrected chi connectivity index (χ2v) is 8.29. The first-order chi connectivity index (χ1) is 12.6. The fraction of sp³-hybridized carbons (Fsp3) is 0.667. The van der Waals surface area contributed by atoms with Crippen molar-refractivity contribution in [2.75, 3.05) is 38.2 Å². The normalized spacial score (nSPS) is 16.1. The number of hydrogen-bond acceptors (Lipinski definition) is 7. The Hall–Kier alpha value is -1.90. The number of piperazine rings is 1. The molecule has 2 heterocycles. The fourth-order valence-corrected chi connectivity index (χ4v) is 3.56. The van der Waals surface area contributed by atoms with Crippen LogP contribution in [0.3, 0.4) is 0 Å². The van der Waals surface area contributed by atoms with Crippen LogP contribution in [0.2, 0.25) is 0 Å². The molecule has 1 fully saturated rings. The van der Waals surface area contributed by atoms with Crippen LogP contribution >= 0.6 is 15.9 Å². The van der Waals surface area contributed by atoms with Crippen molar-refractivity contribution in [3.8, 4) is 0 Å². The van der Waals surface area contributed by atoms with Gasteiger partial charge in [-0.2, -0.15) is 0 Å². The summed E-state index contributed by atoms with van der Waals surface area (Å²) in [6.07, 6.45) is 1.44. The number of carbonyl (C=O) groups excluding carboxylic acids is 2. The average molecular weight is 443 g/mol. The first kappa shape index (κ1) is 21.4. The molecule has 1 amide bonds. The maximum atomic E-state index is 12.2. The van der Waals surface area contributed by atoms with Crippen LogP contribution in [0.15, 0.2) is 10.9 Å². The Morgan fingerprint density at radius 2 is 1.85 bits per heavy atom. The van der Waals surface area contributed by atoms with Gasteiger partial charge in [-0.1, -0.05) is 6.92 Å². The maximum Gasteiger partial charge on any atom is 0.410 e. The Labute approximate surface area is 168 Å². The summed E-state index contributed by atoms with van der Waals surface area (Å²) in [6.45, 7) is 9.85. The topological polar surface area (TPSA) is 84.9 Å². The summed E-state index contributed by atoms with van der Waals surface area (Å²) in [7, 11) is 1.38. The van der Waals surface area contributed by atoms with Gasteiger partial charge >= 0.3 is 12.1 Å². The van der Waals surface area contributed by atoms with E-state index in [1.165, 1.54) is 13.4 Å². The third-order valence-corrected chi connectivity index (χ3v) is 4.87. The van der Waals surface area contributed by atoms with Crippen LogP contribution in [0.25, 0.3) is 0 Å². The number of ether oxygens (including phenoxy) is 2. The highest BCUT2D eigenvalue weighted by Crippen LogP contribution is 2.33. The Bertz CT molecular complexity index is 684. The SMILES string of the molecule is COC(=O)CC(C)c1c(Br)ncnc1N1CCN(C(=O)OC(C)(C)C)CC1. The largest absolute Gasteiger partial charge is 0.469 e. The third-order valence-electron chi connectivity index (χ3n) is 4.24. The molecule has 9 heteroatoms. The highest BCUT2D eigenvalue weighted by atomic mass is 79.9. The summed E-state index contributed by atoms with van der Waals surface area (Å²) in [5, 5.41) is 0. The van der Waals surface area contributed by atoms with Gasteiger partial charge < -0.3 is 19.3 Å². The summed E-state index contributed by atoms with van der Waals surface area (Å²) >= 11 is 3.48. The summed E-state index contributed by atoms with van der Waals surface area (Å²) in [5.74, 6) is 0.392. The number of hydrogen-bond donors (Lipinski definition) is 0. The number of amides is 1. The molecule has 0 N–H and O–H groups in total. The third kappa shape index (κ3) is 5.79. The zero-order chi connectivity index (χ0) is 20.2. The van der Waals surface area contributed by atoms with E-state index in [2.05, 4.69) is 30.8 Å². The van der Waals surface area contributed by atoms with Crippen LogP contribution in [0.5, 0.6) is 0 Å². The van der Waals surface area contributed by atoms with Gasteiger partial charge in [0.25, 0.3) is 0 Å². The summed E-state index contributed by atoms with van der Waals surface area (Å²) in [5.41, 5.74) is 0.357. The minimum atomic E-state index is -0.512. The van der Waals surface area contributed by atoms with Gasteiger partial charge in [0, 0.05) is 31.7 Å². The molecule has 1 aromatic rings. The molecule has 1 atom stereocenters. The lowest BCUT2D eigenvalue weighted by Gasteiger charge is -2.37. The Morgan fingerprint density at radius 1 is 1.22 bits per heavy atom. The van der Waals surface area contributed by atoms with Crippen LogP contribution in [-0.4, -0.2) is 65.8 Å². The molecular formula is C18H27BrN4O4. The minimum absolute atomic E-state index is 0.105. The number of anilines is 1. The van der Waals surface area contributed by atoms with Crippen molar-refractivity contribution < 1.29 is 19.1 Å². The van der Waals surface area contributed by atoms with E-state index in [4.69, 9.17) is 9.47 Å². The van der Waals surface area contributed by atoms with Gasteiger partial charge in [0.15, 0.2) is 0 Å². The van der Waals surface area contributed by atoms with Crippen LogP contribution in [0, 0.1) is 0 Å². The van der Waals surface area contributed by atoms with E-state index in [-0.39, 0.29) is 24.4 Å². The average Bonchev–Trinajstić information content (AvgIpc) is 2.59. The number of rotatable bonds is 4. The van der Waals surface area contributed by atoms with E-state index >= 15 is 0 Å². The van der Waals surface area contributed by atoms with Gasteiger partial charge in [-0.25, -0.2) is 14.8 Å². The van der Waals surface area contributed by atoms with E-state index in [0.717, 1.165) is 11.4 Å². The van der Waals surface area contributed by atoms with Crippen LogP contribution in [0.1, 0.15) is 45.6 Å². The number of methoxy groups -OCH3 is 1. The van der Waals surface area contributed by atoms with E-state index in [0.29, 0.717) is 30.8 Å². The lowest BCUT2D eigenvalue weighted by atomic mass is 9.99. The van der Waals surface area contributed by atoms with Crippen molar-refractivity contribution >= 4 is 33.8 Å². The second kappa shape index (κ2) is 8.86. The molecule has 150 valence electrons. The van der Waals surface area contributed by atoms with Gasteiger partial charge in [0.05, 0.1) is 13.5 Å². The molecule has 8 nitrogen and oxygen atoms in total. The van der Waals surface area contributed by atoms with Crippen molar-refractivity contribution in [1.82, 2.24) is 14.9 Å². The van der Waals surface area contributed by atoms with Crippen molar-refractivity contribution in [2.24, 2.45) is 0 Å². The summed E-state index contributed by atoms with van der Waals surface area (Å²) in [4.78, 5) is 36.4. The number of halogens is 1. The molecule has 1 unspecified atom stereocenters. The van der Waals surface area contributed by atoms with Crippen molar-refractivity contribution in [3.05, 3.63) is 16.5 Å². The fourth-order valence-electron chi connectivity index (χ4n) is 2.90. The Morgan fingerprint density at radius 3 is 2.41 bits per heavy atom. The molecule has 1 aromatic heterocycles. The summed E-state index contributed by atoms with van der Waals surface area (Å²) in [6, 6.07) is 0. The quantitative estimate of drug-likeness (QED) is 0.523. The molecule has 0 aliphatic carbocycles. The summed E-state index contributed by atoms with van der Waals surface area (Å²) < 4.78 is 10.9.